The molecule has 2 aromatic rings. The summed E-state index contributed by atoms with van der Waals surface area (Å²) in [5.41, 5.74) is 6.89. The largest absolute Gasteiger partial charge is 0.330 e. The van der Waals surface area contributed by atoms with Gasteiger partial charge in [-0.05, 0) is 29.8 Å². The van der Waals surface area contributed by atoms with E-state index >= 15 is 0 Å². The third-order valence-corrected chi connectivity index (χ3v) is 2.83. The molecule has 15 heavy (non-hydrogen) atoms. The van der Waals surface area contributed by atoms with Crippen LogP contribution < -0.4 is 5.73 Å². The Morgan fingerprint density at radius 2 is 2.07 bits per heavy atom. The number of pyridine rings is 1. The first kappa shape index (κ1) is 10.1. The van der Waals surface area contributed by atoms with Crippen LogP contribution in [0.2, 0.25) is 0 Å². The Labute approximate surface area is 90.1 Å². The van der Waals surface area contributed by atoms with Crippen LogP contribution in [-0.2, 0) is 0 Å². The molecule has 0 saturated heterocycles. The van der Waals surface area contributed by atoms with Crippen molar-refractivity contribution >= 4 is 10.8 Å². The molecule has 0 aliphatic rings. The maximum Gasteiger partial charge on any atom is 0.0346 e. The number of nitrogens with zero attached hydrogens (tertiary/aromatic N) is 1. The summed E-state index contributed by atoms with van der Waals surface area (Å²) >= 11 is 0. The van der Waals surface area contributed by atoms with E-state index in [-0.39, 0.29) is 0 Å². The maximum atomic E-state index is 5.59. The Morgan fingerprint density at radius 1 is 1.27 bits per heavy atom. The van der Waals surface area contributed by atoms with Crippen molar-refractivity contribution in [2.24, 2.45) is 5.73 Å². The highest BCUT2D eigenvalue weighted by molar-refractivity contribution is 5.85. The van der Waals surface area contributed by atoms with Gasteiger partial charge in [0.1, 0.15) is 0 Å². The second kappa shape index (κ2) is 4.41. The molecule has 1 heterocycles. The van der Waals surface area contributed by atoms with Crippen LogP contribution >= 0.6 is 0 Å². The van der Waals surface area contributed by atoms with Crippen molar-refractivity contribution in [1.82, 2.24) is 4.98 Å². The van der Waals surface area contributed by atoms with E-state index in [1.807, 2.05) is 18.5 Å². The van der Waals surface area contributed by atoms with Crippen molar-refractivity contribution in [3.05, 3.63) is 42.2 Å². The first-order valence-electron chi connectivity index (χ1n) is 5.35. The van der Waals surface area contributed by atoms with E-state index in [0.717, 1.165) is 13.0 Å². The monoisotopic (exact) mass is 200 g/mol. The molecule has 2 rings (SSSR count). The highest BCUT2D eigenvalue weighted by Crippen LogP contribution is 2.25. The predicted molar refractivity (Wildman–Crippen MR) is 63.8 cm³/mol. The van der Waals surface area contributed by atoms with E-state index in [1.54, 1.807) is 0 Å². The van der Waals surface area contributed by atoms with Gasteiger partial charge in [-0.2, -0.15) is 0 Å². The number of rotatable bonds is 3. The SMILES string of the molecule is CC(CCN)c1cncc2ccccc12. The molecule has 0 saturated carbocycles. The van der Waals surface area contributed by atoms with Crippen LogP contribution in [0.1, 0.15) is 24.8 Å². The molecule has 0 radical (unpaired) electrons. The molecule has 1 aromatic carbocycles. The minimum atomic E-state index is 0.480. The van der Waals surface area contributed by atoms with Crippen molar-refractivity contribution in [2.75, 3.05) is 6.54 Å². The number of fused-ring (bicyclic) bond motifs is 1. The lowest BCUT2D eigenvalue weighted by atomic mass is 9.95. The van der Waals surface area contributed by atoms with Crippen LogP contribution in [0.5, 0.6) is 0 Å². The summed E-state index contributed by atoms with van der Waals surface area (Å²) < 4.78 is 0. The molecule has 0 amide bonds. The van der Waals surface area contributed by atoms with E-state index in [4.69, 9.17) is 5.73 Å². The van der Waals surface area contributed by atoms with Crippen LogP contribution in [0.25, 0.3) is 10.8 Å². The van der Waals surface area contributed by atoms with E-state index in [0.29, 0.717) is 5.92 Å². The fraction of sp³-hybridized carbons (Fsp3) is 0.308. The van der Waals surface area contributed by atoms with Gasteiger partial charge in [0.25, 0.3) is 0 Å². The van der Waals surface area contributed by atoms with Gasteiger partial charge >= 0.3 is 0 Å². The van der Waals surface area contributed by atoms with E-state index < -0.39 is 0 Å². The Bertz CT molecular complexity index is 446. The summed E-state index contributed by atoms with van der Waals surface area (Å²) in [7, 11) is 0. The molecule has 0 bridgehead atoms. The Kier molecular flexibility index (Phi) is 2.97. The Hall–Kier alpha value is -1.41. The summed E-state index contributed by atoms with van der Waals surface area (Å²) in [5.74, 6) is 0.480. The highest BCUT2D eigenvalue weighted by Gasteiger charge is 2.08. The molecule has 1 aromatic heterocycles. The highest BCUT2D eigenvalue weighted by atomic mass is 14.6. The van der Waals surface area contributed by atoms with Crippen LogP contribution in [0.15, 0.2) is 36.7 Å². The van der Waals surface area contributed by atoms with Crippen LogP contribution in [-0.4, -0.2) is 11.5 Å². The number of hydrogen-bond acceptors (Lipinski definition) is 2. The summed E-state index contributed by atoms with van der Waals surface area (Å²) in [5, 5.41) is 2.51. The summed E-state index contributed by atoms with van der Waals surface area (Å²) in [4.78, 5) is 4.28. The molecule has 1 unspecified atom stereocenters. The van der Waals surface area contributed by atoms with Gasteiger partial charge in [0.2, 0.25) is 0 Å². The standard InChI is InChI=1S/C13H16N2/c1-10(6-7-14)13-9-15-8-11-4-2-3-5-12(11)13/h2-5,8-10H,6-7,14H2,1H3. The predicted octanol–water partition coefficient (Wildman–Crippen LogP) is 2.69. The Morgan fingerprint density at radius 3 is 2.87 bits per heavy atom. The topological polar surface area (TPSA) is 38.9 Å². The molecular weight excluding hydrogens is 184 g/mol. The molecule has 2 N–H and O–H groups in total. The summed E-state index contributed by atoms with van der Waals surface area (Å²) in [6.45, 7) is 2.93. The lowest BCUT2D eigenvalue weighted by Crippen LogP contribution is -2.05. The van der Waals surface area contributed by atoms with Crippen molar-refractivity contribution < 1.29 is 0 Å². The average Bonchev–Trinajstić information content (AvgIpc) is 2.28. The van der Waals surface area contributed by atoms with Gasteiger partial charge in [0.05, 0.1) is 0 Å². The van der Waals surface area contributed by atoms with Gasteiger partial charge < -0.3 is 5.73 Å². The molecule has 0 aliphatic heterocycles. The number of aromatic nitrogens is 1. The molecule has 2 heteroatoms. The molecular formula is C13H16N2. The molecule has 0 fully saturated rings. The van der Waals surface area contributed by atoms with Crippen LogP contribution in [0, 0.1) is 0 Å². The zero-order valence-electron chi connectivity index (χ0n) is 8.98. The molecule has 0 spiro atoms. The fourth-order valence-corrected chi connectivity index (χ4v) is 1.94. The van der Waals surface area contributed by atoms with E-state index in [2.05, 4.69) is 30.1 Å². The lowest BCUT2D eigenvalue weighted by Gasteiger charge is -2.12. The second-order valence-electron chi connectivity index (χ2n) is 3.93. The van der Waals surface area contributed by atoms with E-state index in [9.17, 15) is 0 Å². The van der Waals surface area contributed by atoms with E-state index in [1.165, 1.54) is 16.3 Å². The van der Waals surface area contributed by atoms with Gasteiger partial charge in [-0.15, -0.1) is 0 Å². The minimum Gasteiger partial charge on any atom is -0.330 e. The quantitative estimate of drug-likeness (QED) is 0.827. The minimum absolute atomic E-state index is 0.480. The summed E-state index contributed by atoms with van der Waals surface area (Å²) in [6.07, 6.45) is 4.88. The normalized spacial score (nSPS) is 12.9. The van der Waals surface area contributed by atoms with Crippen LogP contribution in [0.4, 0.5) is 0 Å². The van der Waals surface area contributed by atoms with Crippen molar-refractivity contribution in [3.63, 3.8) is 0 Å². The third-order valence-electron chi connectivity index (χ3n) is 2.83. The molecule has 2 nitrogen and oxygen atoms in total. The second-order valence-corrected chi connectivity index (χ2v) is 3.93. The molecule has 1 atom stereocenters. The maximum absolute atomic E-state index is 5.59. The average molecular weight is 200 g/mol. The van der Waals surface area contributed by atoms with Crippen LogP contribution in [0.3, 0.4) is 0 Å². The zero-order chi connectivity index (χ0) is 10.7. The van der Waals surface area contributed by atoms with Gasteiger partial charge in [0.15, 0.2) is 0 Å². The first-order valence-corrected chi connectivity index (χ1v) is 5.35. The van der Waals surface area contributed by atoms with Gasteiger partial charge in [-0.25, -0.2) is 0 Å². The van der Waals surface area contributed by atoms with Crippen molar-refractivity contribution in [1.29, 1.82) is 0 Å². The molecule has 0 aliphatic carbocycles. The Balaban J connectivity index is 2.50. The van der Waals surface area contributed by atoms with Crippen molar-refractivity contribution in [2.45, 2.75) is 19.3 Å². The first-order chi connectivity index (χ1) is 7.33. The third kappa shape index (κ3) is 2.00. The zero-order valence-corrected chi connectivity index (χ0v) is 8.98. The fourth-order valence-electron chi connectivity index (χ4n) is 1.94. The lowest BCUT2D eigenvalue weighted by molar-refractivity contribution is 0.692. The number of benzene rings is 1. The molecule has 78 valence electrons. The van der Waals surface area contributed by atoms with Gasteiger partial charge in [-0.3, -0.25) is 4.98 Å². The van der Waals surface area contributed by atoms with Gasteiger partial charge in [0, 0.05) is 17.8 Å². The number of nitrogens with two attached hydrogens (primary N) is 1. The van der Waals surface area contributed by atoms with Crippen molar-refractivity contribution in [3.8, 4) is 0 Å². The van der Waals surface area contributed by atoms with Gasteiger partial charge in [-0.1, -0.05) is 31.2 Å². The smallest absolute Gasteiger partial charge is 0.0346 e. The number of hydrogen-bond donors (Lipinski definition) is 1. The summed E-state index contributed by atoms with van der Waals surface area (Å²) in [6, 6.07) is 8.36.